The Hall–Kier alpha value is -3.48. The van der Waals surface area contributed by atoms with Crippen LogP contribution in [0.25, 0.3) is 11.0 Å². The topological polar surface area (TPSA) is 77.6 Å². The molecule has 0 radical (unpaired) electrons. The summed E-state index contributed by atoms with van der Waals surface area (Å²) < 4.78 is 1.80. The van der Waals surface area contributed by atoms with Crippen LogP contribution in [0.15, 0.2) is 73.1 Å². The molecule has 2 aromatic heterocycles. The minimum Gasteiger partial charge on any atom is -0.346 e. The molecule has 26 heavy (non-hydrogen) atoms. The van der Waals surface area contributed by atoms with Gasteiger partial charge in [0.2, 0.25) is 5.91 Å². The highest BCUT2D eigenvalue weighted by atomic mass is 16.2. The minimum absolute atomic E-state index is 0.0666. The fourth-order valence-electron chi connectivity index (χ4n) is 2.86. The van der Waals surface area contributed by atoms with Crippen molar-refractivity contribution >= 4 is 16.9 Å². The van der Waals surface area contributed by atoms with Crippen LogP contribution in [-0.4, -0.2) is 30.7 Å². The van der Waals surface area contributed by atoms with E-state index in [1.807, 2.05) is 66.9 Å². The molecule has 130 valence electrons. The number of nitrogens with one attached hydrogen (secondary N) is 1. The van der Waals surface area contributed by atoms with Crippen molar-refractivity contribution in [1.82, 2.24) is 30.1 Å². The molecule has 0 aliphatic rings. The Morgan fingerprint density at radius 1 is 0.962 bits per heavy atom. The van der Waals surface area contributed by atoms with Crippen molar-refractivity contribution in [3.8, 4) is 0 Å². The van der Waals surface area contributed by atoms with E-state index in [9.17, 15) is 4.79 Å². The first-order valence-corrected chi connectivity index (χ1v) is 8.39. The number of amides is 1. The molecule has 4 rings (SSSR count). The Bertz CT molecular complexity index is 960. The predicted octanol–water partition coefficient (Wildman–Crippen LogP) is 2.19. The average molecular weight is 346 g/mol. The quantitative estimate of drug-likeness (QED) is 0.580. The van der Waals surface area contributed by atoms with Crippen molar-refractivity contribution in [2.45, 2.75) is 19.1 Å². The van der Waals surface area contributed by atoms with Gasteiger partial charge in [0.15, 0.2) is 0 Å². The summed E-state index contributed by atoms with van der Waals surface area (Å²) in [6.07, 6.45) is 3.60. The van der Waals surface area contributed by atoms with Crippen molar-refractivity contribution in [2.24, 2.45) is 0 Å². The van der Waals surface area contributed by atoms with Gasteiger partial charge in [-0.25, -0.2) is 0 Å². The van der Waals surface area contributed by atoms with E-state index >= 15 is 0 Å². The molecule has 0 aliphatic heterocycles. The van der Waals surface area contributed by atoms with Gasteiger partial charge in [-0.1, -0.05) is 42.5 Å². The maximum Gasteiger partial charge on any atom is 0.244 e. The van der Waals surface area contributed by atoms with Crippen LogP contribution in [0.3, 0.4) is 0 Å². The molecule has 0 saturated carbocycles. The van der Waals surface area contributed by atoms with Gasteiger partial charge in [-0.05, 0) is 23.8 Å². The van der Waals surface area contributed by atoms with Gasteiger partial charge in [-0.15, -0.1) is 0 Å². The maximum atomic E-state index is 12.6. The third kappa shape index (κ3) is 3.61. The third-order valence-electron chi connectivity index (χ3n) is 4.08. The maximum absolute atomic E-state index is 12.6. The zero-order valence-electron chi connectivity index (χ0n) is 14.1. The second-order valence-electron chi connectivity index (χ2n) is 5.98. The number of benzene rings is 2. The summed E-state index contributed by atoms with van der Waals surface area (Å²) in [7, 11) is 0. The Balaban J connectivity index is 1.50. The fourth-order valence-corrected chi connectivity index (χ4v) is 2.86. The highest BCUT2D eigenvalue weighted by Gasteiger charge is 2.16. The molecule has 0 saturated heterocycles. The molecular weight excluding hydrogens is 328 g/mol. The van der Waals surface area contributed by atoms with Gasteiger partial charge < -0.3 is 5.32 Å². The van der Waals surface area contributed by atoms with Crippen molar-refractivity contribution < 1.29 is 4.79 Å². The molecule has 7 nitrogen and oxygen atoms in total. The third-order valence-corrected chi connectivity index (χ3v) is 4.08. The van der Waals surface area contributed by atoms with Gasteiger partial charge in [0.05, 0.1) is 12.6 Å². The molecule has 1 atom stereocenters. The number of carbonyl (C=O) groups is 1. The molecule has 7 heteroatoms. The standard InChI is InChI=1S/C19H18N6O/c26-19(14-25-22-16-9-4-5-10-17(16)23-25)21-18(13-24-12-6-11-20-24)15-7-2-1-3-8-15/h1-12,18H,13-14H2,(H,21,26). The van der Waals surface area contributed by atoms with Crippen molar-refractivity contribution in [3.63, 3.8) is 0 Å². The van der Waals surface area contributed by atoms with Crippen LogP contribution < -0.4 is 5.32 Å². The number of aromatic nitrogens is 5. The summed E-state index contributed by atoms with van der Waals surface area (Å²) in [6.45, 7) is 0.619. The summed E-state index contributed by atoms with van der Waals surface area (Å²) in [5.41, 5.74) is 2.57. The van der Waals surface area contributed by atoms with Gasteiger partial charge >= 0.3 is 0 Å². The first-order chi connectivity index (χ1) is 12.8. The molecular formula is C19H18N6O. The van der Waals surface area contributed by atoms with E-state index in [1.54, 1.807) is 10.9 Å². The van der Waals surface area contributed by atoms with Gasteiger partial charge in [0.1, 0.15) is 17.6 Å². The minimum atomic E-state index is -0.187. The smallest absolute Gasteiger partial charge is 0.244 e. The number of hydrogen-bond acceptors (Lipinski definition) is 4. The number of rotatable bonds is 6. The normalized spacial score (nSPS) is 12.2. The molecule has 0 bridgehead atoms. The zero-order chi connectivity index (χ0) is 17.8. The number of nitrogens with zero attached hydrogens (tertiary/aromatic N) is 5. The highest BCUT2D eigenvalue weighted by molar-refractivity contribution is 5.77. The summed E-state index contributed by atoms with van der Waals surface area (Å²) in [5, 5.41) is 16.0. The first kappa shape index (κ1) is 16.0. The fraction of sp³-hybridized carbons (Fsp3) is 0.158. The predicted molar refractivity (Wildman–Crippen MR) is 97.1 cm³/mol. The van der Waals surface area contributed by atoms with E-state index < -0.39 is 0 Å². The molecule has 1 amide bonds. The number of carbonyl (C=O) groups excluding carboxylic acids is 1. The van der Waals surface area contributed by atoms with Gasteiger partial charge in [-0.3, -0.25) is 9.48 Å². The number of fused-ring (bicyclic) bond motifs is 1. The van der Waals surface area contributed by atoms with E-state index in [0.717, 1.165) is 16.6 Å². The van der Waals surface area contributed by atoms with Crippen molar-refractivity contribution in [2.75, 3.05) is 0 Å². The second-order valence-corrected chi connectivity index (χ2v) is 5.98. The molecule has 0 spiro atoms. The Labute approximate surface area is 150 Å². The summed E-state index contributed by atoms with van der Waals surface area (Å²) in [4.78, 5) is 14.0. The van der Waals surface area contributed by atoms with E-state index in [4.69, 9.17) is 0 Å². The Morgan fingerprint density at radius 2 is 1.65 bits per heavy atom. The summed E-state index contributed by atoms with van der Waals surface area (Å²) in [6, 6.07) is 19.1. The van der Waals surface area contributed by atoms with E-state index in [2.05, 4.69) is 20.6 Å². The van der Waals surface area contributed by atoms with Crippen molar-refractivity contribution in [1.29, 1.82) is 0 Å². The Morgan fingerprint density at radius 3 is 2.31 bits per heavy atom. The van der Waals surface area contributed by atoms with Gasteiger partial charge in [0.25, 0.3) is 0 Å². The van der Waals surface area contributed by atoms with Crippen LogP contribution in [0.5, 0.6) is 0 Å². The van der Waals surface area contributed by atoms with Crippen LogP contribution in [0.4, 0.5) is 0 Å². The summed E-state index contributed by atoms with van der Waals surface area (Å²) >= 11 is 0. The van der Waals surface area contributed by atoms with E-state index in [-0.39, 0.29) is 18.5 Å². The van der Waals surface area contributed by atoms with Crippen LogP contribution in [0, 0.1) is 0 Å². The molecule has 4 aromatic rings. The molecule has 0 fully saturated rings. The summed E-state index contributed by atoms with van der Waals surface area (Å²) in [5.74, 6) is -0.147. The second kappa shape index (κ2) is 7.18. The molecule has 2 aromatic carbocycles. The van der Waals surface area contributed by atoms with Crippen molar-refractivity contribution in [3.05, 3.63) is 78.6 Å². The van der Waals surface area contributed by atoms with Crippen LogP contribution in [0.1, 0.15) is 11.6 Å². The van der Waals surface area contributed by atoms with E-state index in [0.29, 0.717) is 6.54 Å². The lowest BCUT2D eigenvalue weighted by Gasteiger charge is -2.19. The zero-order valence-corrected chi connectivity index (χ0v) is 14.1. The molecule has 1 unspecified atom stereocenters. The monoisotopic (exact) mass is 346 g/mol. The van der Waals surface area contributed by atoms with Gasteiger partial charge in [-0.2, -0.15) is 20.1 Å². The Kier molecular flexibility index (Phi) is 4.42. The number of hydrogen-bond donors (Lipinski definition) is 1. The lowest BCUT2D eigenvalue weighted by atomic mass is 10.1. The van der Waals surface area contributed by atoms with Gasteiger partial charge in [0, 0.05) is 12.4 Å². The first-order valence-electron chi connectivity index (χ1n) is 8.39. The molecule has 0 aliphatic carbocycles. The van der Waals surface area contributed by atoms with Crippen LogP contribution in [0.2, 0.25) is 0 Å². The van der Waals surface area contributed by atoms with Crippen LogP contribution in [-0.2, 0) is 17.9 Å². The van der Waals surface area contributed by atoms with Crippen LogP contribution >= 0.6 is 0 Å². The highest BCUT2D eigenvalue weighted by Crippen LogP contribution is 2.15. The molecule has 1 N–H and O–H groups in total. The largest absolute Gasteiger partial charge is 0.346 e. The SMILES string of the molecule is O=C(Cn1nc2ccccc2n1)NC(Cn1cccn1)c1ccccc1. The lowest BCUT2D eigenvalue weighted by molar-refractivity contribution is -0.122. The average Bonchev–Trinajstić information content (AvgIpc) is 3.30. The lowest BCUT2D eigenvalue weighted by Crippen LogP contribution is -2.34. The van der Waals surface area contributed by atoms with E-state index in [1.165, 1.54) is 4.80 Å². The molecule has 2 heterocycles.